The van der Waals surface area contributed by atoms with Gasteiger partial charge in [-0.15, -0.1) is 0 Å². The number of nitrogens with one attached hydrogen (secondary N) is 1. The summed E-state index contributed by atoms with van der Waals surface area (Å²) in [5, 5.41) is -0.330. The number of carbonyl (C=O) groups excluding carboxylic acids is 3. The van der Waals surface area contributed by atoms with Crippen molar-refractivity contribution in [3.63, 3.8) is 0 Å². The molecule has 2 aliphatic heterocycles. The van der Waals surface area contributed by atoms with E-state index in [1.165, 1.54) is 4.90 Å². The molecule has 1 unspecified atom stereocenters. The van der Waals surface area contributed by atoms with Gasteiger partial charge < -0.3 is 0 Å². The van der Waals surface area contributed by atoms with Crippen LogP contribution in [0.4, 0.5) is 0 Å². The minimum absolute atomic E-state index is 0.0617. The highest BCUT2D eigenvalue weighted by molar-refractivity contribution is 7.98. The molecule has 0 spiro atoms. The molecule has 2 heterocycles. The van der Waals surface area contributed by atoms with E-state index in [4.69, 9.17) is 0 Å². The highest BCUT2D eigenvalue weighted by Crippen LogP contribution is 2.36. The van der Waals surface area contributed by atoms with Crippen molar-refractivity contribution in [2.75, 3.05) is 0 Å². The van der Waals surface area contributed by atoms with Gasteiger partial charge in [0.1, 0.15) is 5.37 Å². The van der Waals surface area contributed by atoms with Crippen LogP contribution in [0.1, 0.15) is 33.1 Å². The summed E-state index contributed by atoms with van der Waals surface area (Å²) in [6.45, 7) is 4.14. The SMILES string of the molecule is CCC1(C)C=CC2=C(C=C1)C(=O)N(C1CCC(=O)NS1)C2=O. The third-order valence-electron chi connectivity index (χ3n) is 4.43. The molecule has 0 aromatic heterocycles. The first-order chi connectivity index (χ1) is 10.4. The van der Waals surface area contributed by atoms with Gasteiger partial charge in [-0.05, 0) is 24.8 Å². The topological polar surface area (TPSA) is 66.5 Å². The van der Waals surface area contributed by atoms with Gasteiger partial charge in [0.05, 0.1) is 11.1 Å². The van der Waals surface area contributed by atoms with Crippen molar-refractivity contribution >= 4 is 29.7 Å². The van der Waals surface area contributed by atoms with Crippen molar-refractivity contribution < 1.29 is 14.4 Å². The Morgan fingerprint density at radius 3 is 2.27 bits per heavy atom. The molecule has 0 saturated carbocycles. The van der Waals surface area contributed by atoms with Gasteiger partial charge in [-0.3, -0.25) is 24.0 Å². The lowest BCUT2D eigenvalue weighted by molar-refractivity contribution is -0.139. The lowest BCUT2D eigenvalue weighted by atomic mass is 9.87. The number of nitrogens with zero attached hydrogens (tertiary/aromatic N) is 1. The van der Waals surface area contributed by atoms with E-state index in [1.54, 1.807) is 12.2 Å². The van der Waals surface area contributed by atoms with Crippen molar-refractivity contribution in [3.8, 4) is 0 Å². The van der Waals surface area contributed by atoms with Crippen LogP contribution in [0.5, 0.6) is 0 Å². The summed E-state index contributed by atoms with van der Waals surface area (Å²) in [6.07, 6.45) is 9.23. The zero-order chi connectivity index (χ0) is 15.9. The van der Waals surface area contributed by atoms with Crippen molar-refractivity contribution in [3.05, 3.63) is 35.5 Å². The monoisotopic (exact) mass is 318 g/mol. The maximum atomic E-state index is 12.6. The number of hydrogen-bond donors (Lipinski definition) is 1. The first-order valence-corrected chi connectivity index (χ1v) is 8.28. The number of hydrogen-bond acceptors (Lipinski definition) is 4. The Morgan fingerprint density at radius 1 is 1.23 bits per heavy atom. The van der Waals surface area contributed by atoms with E-state index < -0.39 is 0 Å². The van der Waals surface area contributed by atoms with Gasteiger partial charge >= 0.3 is 0 Å². The molecule has 1 aliphatic carbocycles. The molecule has 0 radical (unpaired) electrons. The van der Waals surface area contributed by atoms with Crippen LogP contribution >= 0.6 is 11.9 Å². The van der Waals surface area contributed by atoms with Crippen LogP contribution in [0.25, 0.3) is 0 Å². The van der Waals surface area contributed by atoms with E-state index >= 15 is 0 Å². The highest BCUT2D eigenvalue weighted by Gasteiger charge is 2.42. The molecule has 5 nitrogen and oxygen atoms in total. The van der Waals surface area contributed by atoms with Gasteiger partial charge in [-0.2, -0.15) is 0 Å². The molecule has 0 aromatic carbocycles. The molecule has 0 bridgehead atoms. The molecule has 3 aliphatic rings. The predicted octanol–water partition coefficient (Wildman–Crippen LogP) is 2.08. The fourth-order valence-electron chi connectivity index (χ4n) is 2.68. The Morgan fingerprint density at radius 2 is 1.82 bits per heavy atom. The van der Waals surface area contributed by atoms with Crippen LogP contribution in [0.15, 0.2) is 35.5 Å². The second-order valence-corrected chi connectivity index (χ2v) is 6.95. The maximum Gasteiger partial charge on any atom is 0.262 e. The minimum atomic E-state index is -0.330. The van der Waals surface area contributed by atoms with Gasteiger partial charge in [0.2, 0.25) is 5.91 Å². The Balaban J connectivity index is 1.87. The van der Waals surface area contributed by atoms with Crippen LogP contribution in [0, 0.1) is 5.41 Å². The molecule has 1 atom stereocenters. The van der Waals surface area contributed by atoms with Crippen LogP contribution in [-0.2, 0) is 14.4 Å². The number of imide groups is 1. The zero-order valence-corrected chi connectivity index (χ0v) is 13.4. The standard InChI is InChI=1S/C16H18N2O3S/c1-3-16(2)8-6-10-11(7-9-16)15(21)18(14(10)20)13-5-4-12(19)17-22-13/h6-9,13H,3-5H2,1-2H3,(H,17,19). The summed E-state index contributed by atoms with van der Waals surface area (Å²) in [4.78, 5) is 37.7. The van der Waals surface area contributed by atoms with Crippen molar-refractivity contribution in [2.45, 2.75) is 38.5 Å². The van der Waals surface area contributed by atoms with E-state index in [0.29, 0.717) is 24.0 Å². The second kappa shape index (κ2) is 5.43. The third kappa shape index (κ3) is 2.41. The first kappa shape index (κ1) is 15.1. The van der Waals surface area contributed by atoms with E-state index in [0.717, 1.165) is 18.4 Å². The number of allylic oxidation sites excluding steroid dienone is 2. The molecule has 1 N–H and O–H groups in total. The zero-order valence-electron chi connectivity index (χ0n) is 12.6. The van der Waals surface area contributed by atoms with Crippen LogP contribution in [-0.4, -0.2) is 28.0 Å². The molecule has 3 amide bonds. The van der Waals surface area contributed by atoms with E-state index in [-0.39, 0.29) is 28.5 Å². The Bertz CT molecular complexity index is 602. The molecular formula is C16H18N2O3S. The van der Waals surface area contributed by atoms with Gasteiger partial charge in [0, 0.05) is 11.8 Å². The van der Waals surface area contributed by atoms with Gasteiger partial charge in [0.15, 0.2) is 0 Å². The molecule has 1 saturated heterocycles. The summed E-state index contributed by atoms with van der Waals surface area (Å²) in [5.74, 6) is -0.599. The second-order valence-electron chi connectivity index (χ2n) is 5.97. The van der Waals surface area contributed by atoms with E-state index in [2.05, 4.69) is 18.6 Å². The summed E-state index contributed by atoms with van der Waals surface area (Å²) >= 11 is 1.14. The summed E-state index contributed by atoms with van der Waals surface area (Å²) in [7, 11) is 0. The fraction of sp³-hybridized carbons (Fsp3) is 0.438. The summed E-state index contributed by atoms with van der Waals surface area (Å²) < 4.78 is 2.64. The number of amides is 3. The van der Waals surface area contributed by atoms with Crippen molar-refractivity contribution in [1.82, 2.24) is 9.62 Å². The molecule has 1 fully saturated rings. The van der Waals surface area contributed by atoms with E-state index in [9.17, 15) is 14.4 Å². The van der Waals surface area contributed by atoms with Gasteiger partial charge in [-0.1, -0.05) is 38.2 Å². The highest BCUT2D eigenvalue weighted by atomic mass is 32.2. The smallest absolute Gasteiger partial charge is 0.262 e. The number of rotatable bonds is 2. The van der Waals surface area contributed by atoms with Crippen LogP contribution < -0.4 is 4.72 Å². The lowest BCUT2D eigenvalue weighted by Crippen LogP contribution is -2.44. The van der Waals surface area contributed by atoms with Gasteiger partial charge in [-0.25, -0.2) is 0 Å². The maximum absolute atomic E-state index is 12.6. The van der Waals surface area contributed by atoms with Gasteiger partial charge in [0.25, 0.3) is 11.8 Å². The molecule has 22 heavy (non-hydrogen) atoms. The predicted molar refractivity (Wildman–Crippen MR) is 84.3 cm³/mol. The largest absolute Gasteiger partial charge is 0.298 e. The first-order valence-electron chi connectivity index (χ1n) is 7.40. The average molecular weight is 318 g/mol. The summed E-state index contributed by atoms with van der Waals surface area (Å²) in [5.41, 5.74) is 0.773. The molecule has 116 valence electrons. The Kier molecular flexibility index (Phi) is 3.72. The van der Waals surface area contributed by atoms with Crippen LogP contribution in [0.2, 0.25) is 0 Å². The molecular weight excluding hydrogens is 300 g/mol. The third-order valence-corrected chi connectivity index (χ3v) is 5.49. The molecule has 3 rings (SSSR count). The number of carbonyl (C=O) groups is 3. The minimum Gasteiger partial charge on any atom is -0.298 e. The van der Waals surface area contributed by atoms with Crippen LogP contribution in [0.3, 0.4) is 0 Å². The Hall–Kier alpha value is -1.82. The average Bonchev–Trinajstić information content (AvgIpc) is 2.64. The molecule has 0 aromatic rings. The van der Waals surface area contributed by atoms with Crippen molar-refractivity contribution in [1.29, 1.82) is 0 Å². The summed E-state index contributed by atoms with van der Waals surface area (Å²) in [6, 6.07) is 0. The van der Waals surface area contributed by atoms with E-state index in [1.807, 2.05) is 12.2 Å². The normalized spacial score (nSPS) is 27.1. The molecule has 6 heteroatoms. The lowest BCUT2D eigenvalue weighted by Gasteiger charge is -2.29. The Labute approximate surface area is 133 Å². The van der Waals surface area contributed by atoms with Crippen molar-refractivity contribution in [2.24, 2.45) is 5.41 Å². The quantitative estimate of drug-likeness (QED) is 0.625. The fourth-order valence-corrected chi connectivity index (χ4v) is 3.59.